The number of esters is 1. The largest absolute Gasteiger partial charge is 0.493 e. The minimum Gasteiger partial charge on any atom is -0.493 e. The molecule has 156 valence electrons. The molecule has 0 fully saturated rings. The summed E-state index contributed by atoms with van der Waals surface area (Å²) in [5.41, 5.74) is 2.92. The van der Waals surface area contributed by atoms with Gasteiger partial charge in [-0.3, -0.25) is 0 Å². The van der Waals surface area contributed by atoms with Crippen molar-refractivity contribution >= 4 is 12.0 Å². The second kappa shape index (κ2) is 8.73. The summed E-state index contributed by atoms with van der Waals surface area (Å²) in [6.07, 6.45) is 3.12. The van der Waals surface area contributed by atoms with E-state index in [4.69, 9.17) is 14.2 Å². The van der Waals surface area contributed by atoms with Crippen LogP contribution in [0.5, 0.6) is 17.2 Å². The minimum absolute atomic E-state index is 0.0237. The summed E-state index contributed by atoms with van der Waals surface area (Å²) in [4.78, 5) is 12.5. The van der Waals surface area contributed by atoms with Crippen LogP contribution >= 0.6 is 0 Å². The Labute approximate surface area is 174 Å². The van der Waals surface area contributed by atoms with Gasteiger partial charge in [0.1, 0.15) is 5.75 Å². The first-order valence-electron chi connectivity index (χ1n) is 9.72. The van der Waals surface area contributed by atoms with Crippen molar-refractivity contribution in [3.63, 3.8) is 0 Å². The summed E-state index contributed by atoms with van der Waals surface area (Å²) < 4.78 is 16.2. The standard InChI is InChI=1S/C25H32O4/c1-24(2,3)18-11-13-20(19(16-18)25(4,5)6)29-23(26)14-10-17-9-12-21(27-7)22(15-17)28-8/h9-16H,1-8H3/b14-10+. The molecule has 0 bridgehead atoms. The van der Waals surface area contributed by atoms with Crippen LogP contribution in [0.2, 0.25) is 0 Å². The van der Waals surface area contributed by atoms with Gasteiger partial charge in [-0.15, -0.1) is 0 Å². The molecule has 4 heteroatoms. The van der Waals surface area contributed by atoms with E-state index in [0.717, 1.165) is 11.1 Å². The lowest BCUT2D eigenvalue weighted by Gasteiger charge is -2.26. The first-order chi connectivity index (χ1) is 13.5. The summed E-state index contributed by atoms with van der Waals surface area (Å²) in [5.74, 6) is 1.41. The van der Waals surface area contributed by atoms with E-state index in [1.165, 1.54) is 11.6 Å². The molecule has 0 N–H and O–H groups in total. The highest BCUT2D eigenvalue weighted by molar-refractivity contribution is 5.89. The van der Waals surface area contributed by atoms with E-state index in [2.05, 4.69) is 47.6 Å². The average molecular weight is 397 g/mol. The van der Waals surface area contributed by atoms with Crippen LogP contribution < -0.4 is 14.2 Å². The van der Waals surface area contributed by atoms with Crippen molar-refractivity contribution in [3.05, 3.63) is 59.2 Å². The molecule has 0 saturated carbocycles. The zero-order valence-electron chi connectivity index (χ0n) is 18.8. The number of ether oxygens (including phenoxy) is 3. The molecule has 2 rings (SSSR count). The Morgan fingerprint density at radius 3 is 1.97 bits per heavy atom. The number of benzene rings is 2. The van der Waals surface area contributed by atoms with Gasteiger partial charge in [-0.2, -0.15) is 0 Å². The SMILES string of the molecule is COc1ccc(/C=C/C(=O)Oc2ccc(C(C)(C)C)cc2C(C)(C)C)cc1OC. The number of hydrogen-bond acceptors (Lipinski definition) is 4. The van der Waals surface area contributed by atoms with Gasteiger partial charge >= 0.3 is 5.97 Å². The molecule has 0 saturated heterocycles. The molecule has 0 heterocycles. The molecule has 0 amide bonds. The maximum atomic E-state index is 12.5. The molecule has 2 aromatic carbocycles. The lowest BCUT2D eigenvalue weighted by atomic mass is 9.80. The molecule has 29 heavy (non-hydrogen) atoms. The number of carbonyl (C=O) groups excluding carboxylic acids is 1. The Kier molecular flexibility index (Phi) is 6.78. The van der Waals surface area contributed by atoms with Crippen LogP contribution in [-0.2, 0) is 15.6 Å². The summed E-state index contributed by atoms with van der Waals surface area (Å²) >= 11 is 0. The Hall–Kier alpha value is -2.75. The first-order valence-corrected chi connectivity index (χ1v) is 9.72. The third-order valence-corrected chi connectivity index (χ3v) is 4.68. The van der Waals surface area contributed by atoms with Crippen molar-refractivity contribution < 1.29 is 19.0 Å². The minimum atomic E-state index is -0.422. The normalized spacial score (nSPS) is 12.1. The van der Waals surface area contributed by atoms with Gasteiger partial charge in [0.15, 0.2) is 11.5 Å². The summed E-state index contributed by atoms with van der Waals surface area (Å²) in [7, 11) is 3.16. The highest BCUT2D eigenvalue weighted by Gasteiger charge is 2.23. The molecule has 0 aliphatic carbocycles. The average Bonchev–Trinajstić information content (AvgIpc) is 2.64. The fourth-order valence-electron chi connectivity index (χ4n) is 2.93. The van der Waals surface area contributed by atoms with Crippen molar-refractivity contribution in [2.24, 2.45) is 0 Å². The Bertz CT molecular complexity index is 896. The molecule has 2 aromatic rings. The van der Waals surface area contributed by atoms with E-state index >= 15 is 0 Å². The lowest BCUT2D eigenvalue weighted by molar-refractivity contribution is -0.128. The molecule has 0 radical (unpaired) electrons. The van der Waals surface area contributed by atoms with Crippen LogP contribution in [0.4, 0.5) is 0 Å². The van der Waals surface area contributed by atoms with Crippen LogP contribution in [0.1, 0.15) is 58.2 Å². The van der Waals surface area contributed by atoms with Crippen molar-refractivity contribution in [1.29, 1.82) is 0 Å². The topological polar surface area (TPSA) is 44.8 Å². The van der Waals surface area contributed by atoms with Gasteiger partial charge in [0.2, 0.25) is 0 Å². The first kappa shape index (κ1) is 22.5. The van der Waals surface area contributed by atoms with Gasteiger partial charge in [-0.05, 0) is 46.2 Å². The summed E-state index contributed by atoms with van der Waals surface area (Å²) in [6.45, 7) is 12.9. The highest BCUT2D eigenvalue weighted by atomic mass is 16.5. The van der Waals surface area contributed by atoms with Gasteiger partial charge in [0.05, 0.1) is 14.2 Å². The van der Waals surface area contributed by atoms with Crippen molar-refractivity contribution in [3.8, 4) is 17.2 Å². The van der Waals surface area contributed by atoms with Gasteiger partial charge in [0, 0.05) is 11.6 Å². The number of rotatable bonds is 5. The maximum absolute atomic E-state index is 12.5. The van der Waals surface area contributed by atoms with E-state index in [0.29, 0.717) is 17.2 Å². The van der Waals surface area contributed by atoms with E-state index in [-0.39, 0.29) is 10.8 Å². The smallest absolute Gasteiger partial charge is 0.336 e. The predicted molar refractivity (Wildman–Crippen MR) is 118 cm³/mol. The second-order valence-electron chi connectivity index (χ2n) is 9.08. The van der Waals surface area contributed by atoms with Crippen molar-refractivity contribution in [2.75, 3.05) is 14.2 Å². The number of hydrogen-bond donors (Lipinski definition) is 0. The van der Waals surface area contributed by atoms with Gasteiger partial charge < -0.3 is 14.2 Å². The van der Waals surface area contributed by atoms with Gasteiger partial charge in [-0.1, -0.05) is 59.7 Å². The van der Waals surface area contributed by atoms with Crippen LogP contribution in [-0.4, -0.2) is 20.2 Å². The Morgan fingerprint density at radius 1 is 0.793 bits per heavy atom. The second-order valence-corrected chi connectivity index (χ2v) is 9.08. The molecule has 0 aliphatic rings. The molecule has 4 nitrogen and oxygen atoms in total. The van der Waals surface area contributed by atoms with E-state index < -0.39 is 5.97 Å². The number of methoxy groups -OCH3 is 2. The highest BCUT2D eigenvalue weighted by Crippen LogP contribution is 2.35. The molecular formula is C25H32O4. The van der Waals surface area contributed by atoms with Crippen LogP contribution in [0.25, 0.3) is 6.08 Å². The molecular weight excluding hydrogens is 364 g/mol. The molecule has 0 atom stereocenters. The zero-order chi connectivity index (χ0) is 21.8. The maximum Gasteiger partial charge on any atom is 0.336 e. The van der Waals surface area contributed by atoms with Crippen molar-refractivity contribution in [1.82, 2.24) is 0 Å². The fourth-order valence-corrected chi connectivity index (χ4v) is 2.93. The lowest BCUT2D eigenvalue weighted by Crippen LogP contribution is -2.18. The molecule has 0 unspecified atom stereocenters. The van der Waals surface area contributed by atoms with E-state index in [9.17, 15) is 4.79 Å². The molecule has 0 aliphatic heterocycles. The van der Waals surface area contributed by atoms with Crippen LogP contribution in [0, 0.1) is 0 Å². The van der Waals surface area contributed by atoms with Crippen LogP contribution in [0.3, 0.4) is 0 Å². The Morgan fingerprint density at radius 2 is 1.41 bits per heavy atom. The third kappa shape index (κ3) is 5.86. The van der Waals surface area contributed by atoms with Gasteiger partial charge in [-0.25, -0.2) is 4.79 Å². The molecule has 0 aromatic heterocycles. The quantitative estimate of drug-likeness (QED) is 0.358. The number of carbonyl (C=O) groups is 1. The predicted octanol–water partition coefficient (Wildman–Crippen LogP) is 5.92. The fraction of sp³-hybridized carbons (Fsp3) is 0.400. The Balaban J connectivity index is 2.25. The summed E-state index contributed by atoms with van der Waals surface area (Å²) in [5, 5.41) is 0. The monoisotopic (exact) mass is 396 g/mol. The van der Waals surface area contributed by atoms with Crippen LogP contribution in [0.15, 0.2) is 42.5 Å². The zero-order valence-corrected chi connectivity index (χ0v) is 18.8. The van der Waals surface area contributed by atoms with Crippen molar-refractivity contribution in [2.45, 2.75) is 52.4 Å². The molecule has 0 spiro atoms. The van der Waals surface area contributed by atoms with E-state index in [1.807, 2.05) is 18.2 Å². The summed E-state index contributed by atoms with van der Waals surface area (Å²) in [6, 6.07) is 11.5. The van der Waals surface area contributed by atoms with E-state index in [1.54, 1.807) is 32.4 Å². The van der Waals surface area contributed by atoms with Gasteiger partial charge in [0.25, 0.3) is 0 Å². The third-order valence-electron chi connectivity index (χ3n) is 4.68.